The Morgan fingerprint density at radius 3 is 2.41 bits per heavy atom. The molecule has 0 saturated carbocycles. The van der Waals surface area contributed by atoms with E-state index in [1.807, 2.05) is 57.2 Å². The number of amides is 1. The summed E-state index contributed by atoms with van der Waals surface area (Å²) < 4.78 is 32.2. The second-order valence-electron chi connectivity index (χ2n) is 7.74. The van der Waals surface area contributed by atoms with Crippen molar-refractivity contribution in [2.75, 3.05) is 18.5 Å². The van der Waals surface area contributed by atoms with E-state index in [4.69, 9.17) is 4.74 Å². The molecule has 0 unspecified atom stereocenters. The van der Waals surface area contributed by atoms with Crippen molar-refractivity contribution >= 4 is 38.4 Å². The number of carbonyl (C=O) groups is 2. The molecule has 3 rings (SSSR count). The van der Waals surface area contributed by atoms with Gasteiger partial charge in [0, 0.05) is 5.69 Å². The van der Waals surface area contributed by atoms with Crippen LogP contribution >= 0.6 is 0 Å². The average Bonchev–Trinajstić information content (AvgIpc) is 2.77. The van der Waals surface area contributed by atoms with Gasteiger partial charge in [-0.05, 0) is 46.9 Å². The largest absolute Gasteiger partial charge is 0.455 e. The van der Waals surface area contributed by atoms with Crippen LogP contribution in [-0.4, -0.2) is 33.4 Å². The van der Waals surface area contributed by atoms with Gasteiger partial charge in [0.15, 0.2) is 6.61 Å². The van der Waals surface area contributed by atoms with Crippen LogP contribution in [0.5, 0.6) is 0 Å². The number of fused-ring (bicyclic) bond motifs is 1. The molecule has 0 bridgehead atoms. The van der Waals surface area contributed by atoms with E-state index in [1.54, 1.807) is 12.1 Å². The number of hydrogen-bond acceptors (Lipinski definition) is 5. The van der Waals surface area contributed by atoms with E-state index in [0.29, 0.717) is 5.69 Å². The molecule has 0 heterocycles. The highest BCUT2D eigenvalue weighted by molar-refractivity contribution is 7.89. The van der Waals surface area contributed by atoms with E-state index in [0.717, 1.165) is 21.9 Å². The van der Waals surface area contributed by atoms with E-state index >= 15 is 0 Å². The smallest absolute Gasteiger partial charge is 0.321 e. The van der Waals surface area contributed by atoms with Gasteiger partial charge in [0.2, 0.25) is 10.0 Å². The zero-order chi connectivity index (χ0) is 23.3. The number of aryl methyl sites for hydroxylation is 1. The molecule has 2 N–H and O–H groups in total. The van der Waals surface area contributed by atoms with E-state index in [1.165, 1.54) is 12.1 Å². The molecule has 1 amide bonds. The third-order valence-electron chi connectivity index (χ3n) is 4.99. The number of nitrogens with one attached hydrogen (secondary N) is 2. The van der Waals surface area contributed by atoms with E-state index in [9.17, 15) is 18.0 Å². The molecular formula is C24H26N2O5S. The number of sulfonamides is 1. The molecule has 0 fully saturated rings. The van der Waals surface area contributed by atoms with Gasteiger partial charge in [-0.15, -0.1) is 0 Å². The van der Waals surface area contributed by atoms with Crippen molar-refractivity contribution in [1.29, 1.82) is 0 Å². The lowest BCUT2D eigenvalue weighted by atomic mass is 9.98. The SMILES string of the molecule is Cc1cccc(C(C)C)c1NC(=O)COC(=O)CNS(=O)(=O)c1ccc2ccccc2c1. The van der Waals surface area contributed by atoms with Gasteiger partial charge in [0.25, 0.3) is 5.91 Å². The molecular weight excluding hydrogens is 428 g/mol. The fraction of sp³-hybridized carbons (Fsp3) is 0.250. The molecule has 0 aliphatic heterocycles. The Labute approximate surface area is 187 Å². The topological polar surface area (TPSA) is 102 Å². The third-order valence-corrected chi connectivity index (χ3v) is 6.39. The first-order chi connectivity index (χ1) is 15.2. The van der Waals surface area contributed by atoms with E-state index in [2.05, 4.69) is 10.0 Å². The summed E-state index contributed by atoms with van der Waals surface area (Å²) in [6, 6.07) is 17.8. The van der Waals surface area contributed by atoms with Gasteiger partial charge in [-0.2, -0.15) is 4.72 Å². The Bertz CT molecular complexity index is 1250. The number of hydrogen-bond donors (Lipinski definition) is 2. The summed E-state index contributed by atoms with van der Waals surface area (Å²) in [6.45, 7) is 4.83. The van der Waals surface area contributed by atoms with Crippen LogP contribution in [0.1, 0.15) is 30.9 Å². The van der Waals surface area contributed by atoms with Crippen molar-refractivity contribution < 1.29 is 22.7 Å². The number of para-hydroxylation sites is 1. The van der Waals surface area contributed by atoms with Crippen LogP contribution in [0.4, 0.5) is 5.69 Å². The van der Waals surface area contributed by atoms with Gasteiger partial charge < -0.3 is 10.1 Å². The Hall–Kier alpha value is -3.23. The van der Waals surface area contributed by atoms with Crippen molar-refractivity contribution in [3.05, 3.63) is 71.8 Å². The second kappa shape index (κ2) is 9.93. The highest BCUT2D eigenvalue weighted by atomic mass is 32.2. The molecule has 0 aliphatic rings. The lowest BCUT2D eigenvalue weighted by Crippen LogP contribution is -2.32. The average molecular weight is 455 g/mol. The fourth-order valence-electron chi connectivity index (χ4n) is 3.29. The van der Waals surface area contributed by atoms with Crippen molar-refractivity contribution in [3.8, 4) is 0 Å². The Morgan fingerprint density at radius 2 is 1.69 bits per heavy atom. The molecule has 0 spiro atoms. The Kier molecular flexibility index (Phi) is 7.27. The predicted octanol–water partition coefficient (Wildman–Crippen LogP) is 3.73. The van der Waals surface area contributed by atoms with Crippen molar-refractivity contribution in [2.45, 2.75) is 31.6 Å². The first kappa shape index (κ1) is 23.4. The maximum atomic E-state index is 12.5. The summed E-state index contributed by atoms with van der Waals surface area (Å²) in [7, 11) is -3.91. The summed E-state index contributed by atoms with van der Waals surface area (Å²) in [5, 5.41) is 4.45. The third kappa shape index (κ3) is 5.72. The molecule has 0 aromatic heterocycles. The Morgan fingerprint density at radius 1 is 0.969 bits per heavy atom. The van der Waals surface area contributed by atoms with Crippen molar-refractivity contribution in [1.82, 2.24) is 4.72 Å². The molecule has 0 aliphatic carbocycles. The maximum Gasteiger partial charge on any atom is 0.321 e. The summed E-state index contributed by atoms with van der Waals surface area (Å²) in [5.41, 5.74) is 2.58. The summed E-state index contributed by atoms with van der Waals surface area (Å²) in [5.74, 6) is -1.14. The quantitative estimate of drug-likeness (QED) is 0.505. The summed E-state index contributed by atoms with van der Waals surface area (Å²) in [6.07, 6.45) is 0. The normalized spacial score (nSPS) is 11.5. The maximum absolute atomic E-state index is 12.5. The molecule has 3 aromatic carbocycles. The number of carbonyl (C=O) groups excluding carboxylic acids is 2. The first-order valence-corrected chi connectivity index (χ1v) is 11.7. The number of rotatable bonds is 8. The first-order valence-electron chi connectivity index (χ1n) is 10.2. The van der Waals surface area contributed by atoms with Crippen LogP contribution in [0, 0.1) is 6.92 Å². The minimum Gasteiger partial charge on any atom is -0.455 e. The molecule has 0 radical (unpaired) electrons. The van der Waals surface area contributed by atoms with Gasteiger partial charge in [-0.1, -0.05) is 62.4 Å². The lowest BCUT2D eigenvalue weighted by molar-refractivity contribution is -0.146. The second-order valence-corrected chi connectivity index (χ2v) is 9.50. The summed E-state index contributed by atoms with van der Waals surface area (Å²) >= 11 is 0. The van der Waals surface area contributed by atoms with Crippen LogP contribution in [0.3, 0.4) is 0 Å². The van der Waals surface area contributed by atoms with Crippen molar-refractivity contribution in [2.24, 2.45) is 0 Å². The highest BCUT2D eigenvalue weighted by Gasteiger charge is 2.18. The summed E-state index contributed by atoms with van der Waals surface area (Å²) in [4.78, 5) is 24.3. The van der Waals surface area contributed by atoms with Gasteiger partial charge >= 0.3 is 5.97 Å². The predicted molar refractivity (Wildman–Crippen MR) is 124 cm³/mol. The number of esters is 1. The van der Waals surface area contributed by atoms with Crippen LogP contribution in [0.2, 0.25) is 0 Å². The molecule has 8 heteroatoms. The molecule has 3 aromatic rings. The van der Waals surface area contributed by atoms with Crippen LogP contribution in [0.25, 0.3) is 10.8 Å². The van der Waals surface area contributed by atoms with Crippen LogP contribution in [-0.2, 0) is 24.3 Å². The minimum atomic E-state index is -3.91. The standard InChI is InChI=1S/C24H26N2O5S/c1-16(2)21-10-6-7-17(3)24(21)26-22(27)15-31-23(28)14-25-32(29,30)20-12-11-18-8-4-5-9-19(18)13-20/h4-13,16,25H,14-15H2,1-3H3,(H,26,27). The Balaban J connectivity index is 1.55. The molecule has 32 heavy (non-hydrogen) atoms. The number of anilines is 1. The molecule has 7 nitrogen and oxygen atoms in total. The van der Waals surface area contributed by atoms with Gasteiger partial charge in [-0.25, -0.2) is 8.42 Å². The zero-order valence-corrected chi connectivity index (χ0v) is 19.0. The van der Waals surface area contributed by atoms with Crippen LogP contribution in [0.15, 0.2) is 65.6 Å². The molecule has 0 atom stereocenters. The van der Waals surface area contributed by atoms with Gasteiger partial charge in [0.1, 0.15) is 6.54 Å². The number of benzene rings is 3. The highest BCUT2D eigenvalue weighted by Crippen LogP contribution is 2.27. The molecule has 0 saturated heterocycles. The lowest BCUT2D eigenvalue weighted by Gasteiger charge is -2.16. The van der Waals surface area contributed by atoms with Gasteiger partial charge in [-0.3, -0.25) is 9.59 Å². The minimum absolute atomic E-state index is 0.0440. The number of ether oxygens (including phenoxy) is 1. The van der Waals surface area contributed by atoms with E-state index < -0.39 is 35.1 Å². The zero-order valence-electron chi connectivity index (χ0n) is 18.2. The van der Waals surface area contributed by atoms with Gasteiger partial charge in [0.05, 0.1) is 4.90 Å². The van der Waals surface area contributed by atoms with E-state index in [-0.39, 0.29) is 10.8 Å². The van der Waals surface area contributed by atoms with Crippen molar-refractivity contribution in [3.63, 3.8) is 0 Å². The monoisotopic (exact) mass is 454 g/mol. The fourth-order valence-corrected chi connectivity index (χ4v) is 4.29. The molecule has 168 valence electrons. The van der Waals surface area contributed by atoms with Crippen LogP contribution < -0.4 is 10.0 Å².